The highest BCUT2D eigenvalue weighted by atomic mass is 35.5. The molecule has 100 valence electrons. The third-order valence-corrected chi connectivity index (χ3v) is 5.68. The summed E-state index contributed by atoms with van der Waals surface area (Å²) >= 11 is 8.09. The third-order valence-electron chi connectivity index (χ3n) is 4.03. The molecule has 0 radical (unpaired) electrons. The van der Waals surface area contributed by atoms with Gasteiger partial charge in [0.2, 0.25) is 0 Å². The van der Waals surface area contributed by atoms with Crippen LogP contribution < -0.4 is 5.32 Å². The van der Waals surface area contributed by atoms with Crippen LogP contribution in [0.1, 0.15) is 44.2 Å². The predicted octanol–water partition coefficient (Wildman–Crippen LogP) is 4.67. The summed E-state index contributed by atoms with van der Waals surface area (Å²) in [6.07, 6.45) is 7.43. The Bertz CT molecular complexity index is 384. The second-order valence-corrected chi connectivity index (χ2v) is 6.85. The highest BCUT2D eigenvalue weighted by Crippen LogP contribution is 2.42. The first-order valence-corrected chi connectivity index (χ1v) is 8.33. The van der Waals surface area contributed by atoms with Crippen LogP contribution in [0.2, 0.25) is 5.02 Å². The Labute approximate surface area is 120 Å². The number of hydrogen-bond acceptors (Lipinski definition) is 2. The molecule has 0 bridgehead atoms. The summed E-state index contributed by atoms with van der Waals surface area (Å²) in [6.45, 7) is 3.34. The van der Waals surface area contributed by atoms with Crippen LogP contribution in [0.25, 0.3) is 0 Å². The van der Waals surface area contributed by atoms with E-state index in [4.69, 9.17) is 11.6 Å². The van der Waals surface area contributed by atoms with Gasteiger partial charge in [0.25, 0.3) is 0 Å². The van der Waals surface area contributed by atoms with Gasteiger partial charge in [-0.25, -0.2) is 0 Å². The normalized spacial score (nSPS) is 19.3. The summed E-state index contributed by atoms with van der Waals surface area (Å²) in [4.78, 5) is 0. The van der Waals surface area contributed by atoms with E-state index in [-0.39, 0.29) is 0 Å². The standard InChI is InChI=1S/C15H22ClNS/c1-3-14(12-6-4-7-13(16)10-12)17-11-15(18-2)8-5-9-15/h4,6-7,10,14,17H,3,5,8-9,11H2,1-2H3. The zero-order valence-electron chi connectivity index (χ0n) is 11.2. The molecule has 3 heteroatoms. The van der Waals surface area contributed by atoms with Gasteiger partial charge in [-0.1, -0.05) is 37.1 Å². The molecular formula is C15H22ClNS. The maximum absolute atomic E-state index is 6.07. The molecule has 1 aromatic rings. The van der Waals surface area contributed by atoms with Gasteiger partial charge < -0.3 is 5.32 Å². The van der Waals surface area contributed by atoms with E-state index >= 15 is 0 Å². The number of hydrogen-bond donors (Lipinski definition) is 1. The van der Waals surface area contributed by atoms with Crippen LogP contribution in [0.5, 0.6) is 0 Å². The first kappa shape index (κ1) is 14.2. The number of rotatable bonds is 6. The largest absolute Gasteiger partial charge is 0.309 e. The average molecular weight is 284 g/mol. The molecule has 0 aromatic heterocycles. The number of nitrogens with one attached hydrogen (secondary N) is 1. The molecule has 1 aliphatic carbocycles. The van der Waals surface area contributed by atoms with Crippen LogP contribution in [0.3, 0.4) is 0 Å². The molecule has 1 fully saturated rings. The van der Waals surface area contributed by atoms with Crippen LogP contribution in [0.4, 0.5) is 0 Å². The first-order valence-electron chi connectivity index (χ1n) is 6.73. The van der Waals surface area contributed by atoms with Gasteiger partial charge in [0, 0.05) is 22.4 Å². The summed E-state index contributed by atoms with van der Waals surface area (Å²) < 4.78 is 0.492. The molecule has 1 atom stereocenters. The average Bonchev–Trinajstić information content (AvgIpc) is 2.33. The lowest BCUT2D eigenvalue weighted by molar-refractivity contribution is 0.328. The lowest BCUT2D eigenvalue weighted by atomic mass is 9.84. The van der Waals surface area contributed by atoms with Crippen LogP contribution >= 0.6 is 23.4 Å². The highest BCUT2D eigenvalue weighted by Gasteiger charge is 2.36. The van der Waals surface area contributed by atoms with Gasteiger partial charge >= 0.3 is 0 Å². The van der Waals surface area contributed by atoms with Crippen LogP contribution in [-0.2, 0) is 0 Å². The van der Waals surface area contributed by atoms with Crippen molar-refractivity contribution in [1.82, 2.24) is 5.32 Å². The summed E-state index contributed by atoms with van der Waals surface area (Å²) in [7, 11) is 0. The van der Waals surface area contributed by atoms with E-state index in [0.29, 0.717) is 10.8 Å². The molecule has 1 aliphatic rings. The fourth-order valence-corrected chi connectivity index (χ4v) is 3.68. The van der Waals surface area contributed by atoms with Crippen molar-refractivity contribution in [1.29, 1.82) is 0 Å². The molecular weight excluding hydrogens is 262 g/mol. The van der Waals surface area contributed by atoms with Crippen LogP contribution in [0.15, 0.2) is 24.3 Å². The fourth-order valence-electron chi connectivity index (χ4n) is 2.55. The highest BCUT2D eigenvalue weighted by molar-refractivity contribution is 8.00. The van der Waals surface area contributed by atoms with Crippen molar-refractivity contribution in [3.05, 3.63) is 34.9 Å². The van der Waals surface area contributed by atoms with Gasteiger partial charge in [0.15, 0.2) is 0 Å². The molecule has 0 amide bonds. The summed E-state index contributed by atoms with van der Waals surface area (Å²) in [5, 5.41) is 4.56. The SMILES string of the molecule is CCC(NCC1(SC)CCC1)c1cccc(Cl)c1. The van der Waals surface area contributed by atoms with E-state index in [2.05, 4.69) is 30.6 Å². The monoisotopic (exact) mass is 283 g/mol. The summed E-state index contributed by atoms with van der Waals surface area (Å²) in [5.74, 6) is 0. The number of benzene rings is 1. The van der Waals surface area contributed by atoms with Gasteiger partial charge in [-0.3, -0.25) is 0 Å². The Morgan fingerprint density at radius 2 is 2.22 bits per heavy atom. The minimum absolute atomic E-state index is 0.424. The van der Waals surface area contributed by atoms with E-state index in [9.17, 15) is 0 Å². The Hall–Kier alpha value is -0.180. The minimum atomic E-state index is 0.424. The van der Waals surface area contributed by atoms with Gasteiger partial charge in [0.05, 0.1) is 0 Å². The van der Waals surface area contributed by atoms with Gasteiger partial charge in [-0.05, 0) is 43.2 Å². The van der Waals surface area contributed by atoms with E-state index in [1.54, 1.807) is 0 Å². The fraction of sp³-hybridized carbons (Fsp3) is 0.600. The molecule has 1 nitrogen and oxygen atoms in total. The number of thioether (sulfide) groups is 1. The van der Waals surface area contributed by atoms with Crippen molar-refractivity contribution in [2.45, 2.75) is 43.4 Å². The van der Waals surface area contributed by atoms with Gasteiger partial charge in [-0.15, -0.1) is 0 Å². The topological polar surface area (TPSA) is 12.0 Å². The van der Waals surface area contributed by atoms with Gasteiger partial charge in [0.1, 0.15) is 0 Å². The van der Waals surface area contributed by atoms with E-state index in [1.165, 1.54) is 24.8 Å². The Morgan fingerprint density at radius 1 is 1.44 bits per heavy atom. The molecule has 0 heterocycles. The second kappa shape index (κ2) is 6.31. The summed E-state index contributed by atoms with van der Waals surface area (Å²) in [6, 6.07) is 8.64. The Morgan fingerprint density at radius 3 is 2.72 bits per heavy atom. The van der Waals surface area contributed by atoms with E-state index < -0.39 is 0 Å². The first-order chi connectivity index (χ1) is 8.69. The molecule has 1 unspecified atom stereocenters. The van der Waals surface area contributed by atoms with Crippen molar-refractivity contribution < 1.29 is 0 Å². The quantitative estimate of drug-likeness (QED) is 0.814. The molecule has 2 rings (SSSR count). The predicted molar refractivity (Wildman–Crippen MR) is 82.6 cm³/mol. The van der Waals surface area contributed by atoms with Crippen molar-refractivity contribution in [3.8, 4) is 0 Å². The van der Waals surface area contributed by atoms with Crippen LogP contribution in [-0.4, -0.2) is 17.5 Å². The molecule has 1 saturated carbocycles. The van der Waals surface area contributed by atoms with Crippen molar-refractivity contribution in [2.75, 3.05) is 12.8 Å². The molecule has 0 spiro atoms. The molecule has 0 aliphatic heterocycles. The zero-order valence-corrected chi connectivity index (χ0v) is 12.8. The van der Waals surface area contributed by atoms with E-state index in [1.807, 2.05) is 23.9 Å². The Kier molecular flexibility index (Phi) is 4.99. The van der Waals surface area contributed by atoms with Gasteiger partial charge in [-0.2, -0.15) is 11.8 Å². The smallest absolute Gasteiger partial charge is 0.0409 e. The second-order valence-electron chi connectivity index (χ2n) is 5.14. The van der Waals surface area contributed by atoms with E-state index in [0.717, 1.165) is 18.0 Å². The molecule has 0 saturated heterocycles. The number of halogens is 1. The molecule has 18 heavy (non-hydrogen) atoms. The van der Waals surface area contributed by atoms with Crippen molar-refractivity contribution in [3.63, 3.8) is 0 Å². The maximum Gasteiger partial charge on any atom is 0.0409 e. The van der Waals surface area contributed by atoms with Crippen molar-refractivity contribution in [2.24, 2.45) is 0 Å². The third kappa shape index (κ3) is 3.23. The molecule has 1 aromatic carbocycles. The molecule has 1 N–H and O–H groups in total. The van der Waals surface area contributed by atoms with Crippen molar-refractivity contribution >= 4 is 23.4 Å². The maximum atomic E-state index is 6.07. The lowest BCUT2D eigenvalue weighted by Gasteiger charge is -2.41. The Balaban J connectivity index is 1.97. The minimum Gasteiger partial charge on any atom is -0.309 e. The summed E-state index contributed by atoms with van der Waals surface area (Å²) in [5.41, 5.74) is 1.31. The van der Waals surface area contributed by atoms with Crippen LogP contribution in [0, 0.1) is 0 Å². The lowest BCUT2D eigenvalue weighted by Crippen LogP contribution is -2.44. The zero-order chi connectivity index (χ0) is 13.0.